The molecule has 4 fully saturated rings. The number of rotatable bonds is 8. The topological polar surface area (TPSA) is 59.8 Å². The second-order valence-corrected chi connectivity index (χ2v) is 12.1. The summed E-state index contributed by atoms with van der Waals surface area (Å²) in [7, 11) is 0. The monoisotopic (exact) mass is 534 g/mol. The minimum absolute atomic E-state index is 0.116. The Morgan fingerprint density at radius 3 is 2.56 bits per heavy atom. The molecule has 0 radical (unpaired) electrons. The molecule has 4 aliphatic rings. The molecular weight excluding hydrogens is 508 g/mol. The van der Waals surface area contributed by atoms with Crippen LogP contribution in [0, 0.1) is 23.2 Å². The van der Waals surface area contributed by atoms with Gasteiger partial charge in [0.05, 0.1) is 16.5 Å². The van der Waals surface area contributed by atoms with E-state index in [0.29, 0.717) is 22.7 Å². The summed E-state index contributed by atoms with van der Waals surface area (Å²) in [6.07, 6.45) is 11.2. The van der Waals surface area contributed by atoms with Gasteiger partial charge in [-0.1, -0.05) is 45.4 Å². The predicted octanol–water partition coefficient (Wildman–Crippen LogP) is 6.37. The van der Waals surface area contributed by atoms with Crippen molar-refractivity contribution in [3.05, 3.63) is 46.2 Å². The molecule has 1 aromatic heterocycles. The molecule has 4 aliphatic carbocycles. The van der Waals surface area contributed by atoms with Crippen molar-refractivity contribution < 1.29 is 4.79 Å². The summed E-state index contributed by atoms with van der Waals surface area (Å²) in [6, 6.07) is 5.41. The fourth-order valence-corrected chi connectivity index (χ4v) is 8.11. The number of anilines is 1. The number of thioether (sulfide) groups is 1. The second kappa shape index (κ2) is 9.15. The van der Waals surface area contributed by atoms with Crippen LogP contribution in [0.3, 0.4) is 0 Å². The lowest BCUT2D eigenvalue weighted by Gasteiger charge is -2.56. The molecule has 6 rings (SSSR count). The fraction of sp³-hybridized carbons (Fsp3) is 0.542. The van der Waals surface area contributed by atoms with Crippen molar-refractivity contribution in [2.24, 2.45) is 23.2 Å². The van der Waals surface area contributed by atoms with E-state index in [9.17, 15) is 4.79 Å². The number of hydrogen-bond donors (Lipinski definition) is 1. The molecule has 1 heterocycles. The van der Waals surface area contributed by atoms with Gasteiger partial charge >= 0.3 is 0 Å². The quantitative estimate of drug-likeness (QED) is 0.315. The molecule has 2 aromatic rings. The molecule has 0 unspecified atom stereocenters. The third-order valence-electron chi connectivity index (χ3n) is 7.34. The summed E-state index contributed by atoms with van der Waals surface area (Å²) in [5, 5.41) is 13.2. The summed E-state index contributed by atoms with van der Waals surface area (Å²) < 4.78 is 3.02. The molecule has 0 spiro atoms. The number of allylic oxidation sites excluding steroid dienone is 1. The molecule has 32 heavy (non-hydrogen) atoms. The zero-order valence-electron chi connectivity index (χ0n) is 18.0. The molecule has 4 saturated carbocycles. The lowest BCUT2D eigenvalue weighted by atomic mass is 9.49. The largest absolute Gasteiger partial charge is 0.324 e. The standard InChI is InChI=1S/C24H28BrClN4OS/c1-2-5-30-21(13-24-10-15-6-16(11-24)8-17(7-15)12-24)28-29-23(30)32-14-22(31)27-20-4-3-18(25)9-19(20)26/h2-4,9,15-17H,1,5-8,10-14H2,(H,27,31). The van der Waals surface area contributed by atoms with Crippen LogP contribution >= 0.6 is 39.3 Å². The smallest absolute Gasteiger partial charge is 0.234 e. The Morgan fingerprint density at radius 1 is 1.25 bits per heavy atom. The Balaban J connectivity index is 1.26. The number of carbonyl (C=O) groups is 1. The van der Waals surface area contributed by atoms with Crippen molar-refractivity contribution in [2.75, 3.05) is 11.1 Å². The van der Waals surface area contributed by atoms with E-state index < -0.39 is 0 Å². The maximum absolute atomic E-state index is 12.5. The minimum atomic E-state index is -0.116. The lowest BCUT2D eigenvalue weighted by molar-refractivity contribution is -0.113. The van der Waals surface area contributed by atoms with Crippen LogP contribution in [0.5, 0.6) is 0 Å². The van der Waals surface area contributed by atoms with E-state index in [1.165, 1.54) is 50.3 Å². The molecule has 5 nitrogen and oxygen atoms in total. The zero-order valence-corrected chi connectivity index (χ0v) is 21.2. The highest BCUT2D eigenvalue weighted by Crippen LogP contribution is 2.61. The summed E-state index contributed by atoms with van der Waals surface area (Å²) in [4.78, 5) is 12.5. The molecule has 0 aliphatic heterocycles. The van der Waals surface area contributed by atoms with Gasteiger partial charge in [-0.2, -0.15) is 0 Å². The first-order valence-corrected chi connectivity index (χ1v) is 13.5. The molecule has 4 bridgehead atoms. The maximum atomic E-state index is 12.5. The van der Waals surface area contributed by atoms with Gasteiger partial charge in [-0.05, 0) is 79.9 Å². The second-order valence-electron chi connectivity index (χ2n) is 9.85. The van der Waals surface area contributed by atoms with Gasteiger partial charge in [0.1, 0.15) is 5.82 Å². The number of amides is 1. The predicted molar refractivity (Wildman–Crippen MR) is 133 cm³/mol. The van der Waals surface area contributed by atoms with Gasteiger partial charge in [0.2, 0.25) is 5.91 Å². The molecule has 1 aromatic carbocycles. The van der Waals surface area contributed by atoms with Crippen LogP contribution in [0.15, 0.2) is 40.5 Å². The lowest BCUT2D eigenvalue weighted by Crippen LogP contribution is -2.47. The van der Waals surface area contributed by atoms with E-state index in [2.05, 4.69) is 42.6 Å². The number of halogens is 2. The van der Waals surface area contributed by atoms with Crippen LogP contribution in [0.25, 0.3) is 0 Å². The summed E-state index contributed by atoms with van der Waals surface area (Å²) >= 11 is 11.0. The highest BCUT2D eigenvalue weighted by Gasteiger charge is 2.51. The first kappa shape index (κ1) is 22.5. The van der Waals surface area contributed by atoms with Gasteiger partial charge in [0.15, 0.2) is 5.16 Å². The number of aromatic nitrogens is 3. The Labute approximate surface area is 206 Å². The fourth-order valence-electron chi connectivity index (χ4n) is 6.62. The van der Waals surface area contributed by atoms with Crippen molar-refractivity contribution in [2.45, 2.75) is 56.6 Å². The molecule has 8 heteroatoms. The van der Waals surface area contributed by atoms with Gasteiger partial charge in [0, 0.05) is 17.4 Å². The van der Waals surface area contributed by atoms with E-state index in [0.717, 1.165) is 39.6 Å². The van der Waals surface area contributed by atoms with E-state index >= 15 is 0 Å². The van der Waals surface area contributed by atoms with Gasteiger partial charge in [-0.25, -0.2) is 0 Å². The Kier molecular flexibility index (Phi) is 6.43. The minimum Gasteiger partial charge on any atom is -0.324 e. The number of nitrogens with zero attached hydrogens (tertiary/aromatic N) is 3. The first-order chi connectivity index (χ1) is 15.4. The van der Waals surface area contributed by atoms with Crippen LogP contribution in [0.2, 0.25) is 5.02 Å². The number of nitrogens with one attached hydrogen (secondary N) is 1. The number of hydrogen-bond acceptors (Lipinski definition) is 4. The van der Waals surface area contributed by atoms with Gasteiger partial charge in [-0.15, -0.1) is 16.8 Å². The van der Waals surface area contributed by atoms with Crippen LogP contribution < -0.4 is 5.32 Å². The van der Waals surface area contributed by atoms with Crippen molar-refractivity contribution in [1.29, 1.82) is 0 Å². The Morgan fingerprint density at radius 2 is 1.94 bits per heavy atom. The summed E-state index contributed by atoms with van der Waals surface area (Å²) in [5.74, 6) is 3.93. The highest BCUT2D eigenvalue weighted by molar-refractivity contribution is 9.10. The van der Waals surface area contributed by atoms with E-state index in [4.69, 9.17) is 11.6 Å². The zero-order chi connectivity index (χ0) is 22.3. The summed E-state index contributed by atoms with van der Waals surface area (Å²) in [5.41, 5.74) is 1.01. The van der Waals surface area contributed by atoms with Crippen molar-refractivity contribution in [1.82, 2.24) is 14.8 Å². The van der Waals surface area contributed by atoms with E-state index in [1.807, 2.05) is 12.1 Å². The van der Waals surface area contributed by atoms with E-state index in [-0.39, 0.29) is 11.7 Å². The molecule has 0 atom stereocenters. The van der Waals surface area contributed by atoms with Crippen molar-refractivity contribution in [3.63, 3.8) is 0 Å². The van der Waals surface area contributed by atoms with Gasteiger partial charge in [0.25, 0.3) is 0 Å². The molecule has 1 N–H and O–H groups in total. The average Bonchev–Trinajstić information content (AvgIpc) is 3.08. The van der Waals surface area contributed by atoms with Crippen LogP contribution in [0.4, 0.5) is 5.69 Å². The SMILES string of the molecule is C=CCn1c(CC23CC4CC(CC(C4)C2)C3)nnc1SCC(=O)Nc1ccc(Br)cc1Cl. The Hall–Kier alpha value is -1.31. The summed E-state index contributed by atoms with van der Waals surface area (Å²) in [6.45, 7) is 4.59. The van der Waals surface area contributed by atoms with Gasteiger partial charge in [-0.3, -0.25) is 4.79 Å². The van der Waals surface area contributed by atoms with Crippen molar-refractivity contribution in [3.8, 4) is 0 Å². The highest BCUT2D eigenvalue weighted by atomic mass is 79.9. The number of benzene rings is 1. The first-order valence-electron chi connectivity index (χ1n) is 11.3. The molecular formula is C24H28BrClN4OS. The molecule has 0 saturated heterocycles. The number of carbonyl (C=O) groups excluding carboxylic acids is 1. The van der Waals surface area contributed by atoms with Gasteiger partial charge < -0.3 is 9.88 Å². The van der Waals surface area contributed by atoms with Crippen LogP contribution in [0.1, 0.15) is 44.3 Å². The third kappa shape index (κ3) is 4.66. The normalized spacial score (nSPS) is 28.1. The Bertz CT molecular complexity index is 1000. The van der Waals surface area contributed by atoms with Crippen molar-refractivity contribution >= 4 is 50.9 Å². The van der Waals surface area contributed by atoms with E-state index in [1.54, 1.807) is 12.1 Å². The average molecular weight is 536 g/mol. The van der Waals surface area contributed by atoms with Crippen LogP contribution in [-0.4, -0.2) is 26.4 Å². The molecule has 170 valence electrons. The third-order valence-corrected chi connectivity index (χ3v) is 9.11. The van der Waals surface area contributed by atoms with Crippen LogP contribution in [-0.2, 0) is 17.8 Å². The maximum Gasteiger partial charge on any atom is 0.234 e. The molecule has 1 amide bonds.